The Morgan fingerprint density at radius 1 is 1.04 bits per heavy atom. The van der Waals surface area contributed by atoms with Crippen molar-refractivity contribution in [2.45, 2.75) is 38.6 Å². The Hall–Kier alpha value is -2.61. The summed E-state index contributed by atoms with van der Waals surface area (Å²) in [5, 5.41) is 0. The smallest absolute Gasteiger partial charge is 0.284 e. The quantitative estimate of drug-likeness (QED) is 0.407. The molecule has 0 unspecified atom stereocenters. The van der Waals surface area contributed by atoms with Crippen LogP contribution in [0.3, 0.4) is 0 Å². The number of hydrogen-bond acceptors (Lipinski definition) is 4. The number of halogens is 2. The molecule has 1 fully saturated rings. The van der Waals surface area contributed by atoms with Crippen molar-refractivity contribution < 1.29 is 23.2 Å². The van der Waals surface area contributed by atoms with Crippen LogP contribution in [0.15, 0.2) is 29.8 Å². The van der Waals surface area contributed by atoms with Crippen molar-refractivity contribution in [1.82, 2.24) is 14.7 Å². The van der Waals surface area contributed by atoms with Crippen LogP contribution in [0.25, 0.3) is 0 Å². The van der Waals surface area contributed by atoms with Gasteiger partial charge in [0.2, 0.25) is 0 Å². The van der Waals surface area contributed by atoms with Gasteiger partial charge in [0.1, 0.15) is 0 Å². The largest absolute Gasteiger partial charge is 0.335 e. The van der Waals surface area contributed by atoms with E-state index in [-0.39, 0.29) is 19.8 Å². The number of allylic oxidation sites excluding steroid dienone is 1. The minimum absolute atomic E-state index is 0.110. The first-order valence-corrected chi connectivity index (χ1v) is 9.34. The first-order valence-electron chi connectivity index (χ1n) is 9.34. The highest BCUT2D eigenvalue weighted by atomic mass is 19.2. The first-order chi connectivity index (χ1) is 13.4. The number of nitrogens with zero attached hydrogens (tertiary/aromatic N) is 3. The van der Waals surface area contributed by atoms with E-state index in [0.29, 0.717) is 12.0 Å². The Morgan fingerprint density at radius 2 is 1.79 bits per heavy atom. The summed E-state index contributed by atoms with van der Waals surface area (Å²) < 4.78 is 26.4. The van der Waals surface area contributed by atoms with E-state index in [2.05, 4.69) is 6.08 Å². The second-order valence-electron chi connectivity index (χ2n) is 7.23. The lowest BCUT2D eigenvalue weighted by molar-refractivity contribution is -0.143. The van der Waals surface area contributed by atoms with Crippen LogP contribution in [0.2, 0.25) is 0 Å². The lowest BCUT2D eigenvalue weighted by Gasteiger charge is -2.23. The maximum absolute atomic E-state index is 13.3. The van der Waals surface area contributed by atoms with Gasteiger partial charge in [-0.2, -0.15) is 0 Å². The summed E-state index contributed by atoms with van der Waals surface area (Å²) >= 11 is 0. The molecule has 4 amide bonds. The summed E-state index contributed by atoms with van der Waals surface area (Å²) in [5.41, 5.74) is 1.71. The van der Waals surface area contributed by atoms with Crippen LogP contribution in [0.5, 0.6) is 0 Å². The number of carbonyl (C=O) groups excluding carboxylic acids is 3. The fraction of sp³-hybridized carbons (Fsp3) is 0.450. The van der Waals surface area contributed by atoms with E-state index in [1.165, 1.54) is 11.6 Å². The maximum Gasteiger partial charge on any atom is 0.335 e. The second kappa shape index (κ2) is 8.60. The molecule has 1 aromatic carbocycles. The molecule has 0 radical (unpaired) electrons. The van der Waals surface area contributed by atoms with Gasteiger partial charge in [-0.05, 0) is 56.8 Å². The van der Waals surface area contributed by atoms with Gasteiger partial charge in [0, 0.05) is 13.1 Å². The highest BCUT2D eigenvalue weighted by molar-refractivity contribution is 6.44. The van der Waals surface area contributed by atoms with Gasteiger partial charge in [-0.25, -0.2) is 18.5 Å². The molecular formula is C20H23F2N3O3. The summed E-state index contributed by atoms with van der Waals surface area (Å²) in [4.78, 5) is 40.4. The molecule has 1 aliphatic carbocycles. The zero-order chi connectivity index (χ0) is 20.3. The molecule has 8 heteroatoms. The van der Waals surface area contributed by atoms with Crippen LogP contribution in [0.4, 0.5) is 13.6 Å². The number of rotatable bonds is 7. The standard InChI is InChI=1S/C20H23F2N3O3/c1-23(12-15-7-8-16(21)17(22)11-15)13-25-19(27)18(26)24(20(25)28)10-9-14-5-3-2-4-6-14/h5,7-8,11H,2-4,6,9-10,12-13H2,1H3. The molecule has 0 bridgehead atoms. The highest BCUT2D eigenvalue weighted by Crippen LogP contribution is 2.22. The van der Waals surface area contributed by atoms with E-state index < -0.39 is 29.5 Å². The van der Waals surface area contributed by atoms with Gasteiger partial charge in [0.05, 0.1) is 6.67 Å². The number of carbonyl (C=O) groups is 3. The number of amides is 4. The molecule has 0 atom stereocenters. The summed E-state index contributed by atoms with van der Waals surface area (Å²) in [6, 6.07) is 2.88. The minimum Gasteiger partial charge on any atom is -0.284 e. The van der Waals surface area contributed by atoms with Crippen molar-refractivity contribution >= 4 is 17.8 Å². The molecule has 0 saturated carbocycles. The fourth-order valence-electron chi connectivity index (χ4n) is 3.50. The van der Waals surface area contributed by atoms with Gasteiger partial charge in [-0.15, -0.1) is 0 Å². The lowest BCUT2D eigenvalue weighted by Crippen LogP contribution is -2.40. The van der Waals surface area contributed by atoms with Gasteiger partial charge in [-0.3, -0.25) is 19.4 Å². The Balaban J connectivity index is 1.59. The zero-order valence-electron chi connectivity index (χ0n) is 15.8. The summed E-state index contributed by atoms with van der Waals surface area (Å²) in [5.74, 6) is -3.58. The molecule has 1 saturated heterocycles. The van der Waals surface area contributed by atoms with Crippen LogP contribution < -0.4 is 0 Å². The molecule has 2 aliphatic rings. The summed E-state index contributed by atoms with van der Waals surface area (Å²) in [7, 11) is 1.63. The minimum atomic E-state index is -0.961. The SMILES string of the molecule is CN(Cc1ccc(F)c(F)c1)CN1C(=O)C(=O)N(CCC2=CCCCC2)C1=O. The maximum atomic E-state index is 13.3. The van der Waals surface area contributed by atoms with Crippen LogP contribution in [-0.2, 0) is 16.1 Å². The van der Waals surface area contributed by atoms with E-state index in [1.807, 2.05) is 0 Å². The van der Waals surface area contributed by atoms with Crippen LogP contribution in [-0.4, -0.2) is 52.8 Å². The number of benzene rings is 1. The van der Waals surface area contributed by atoms with E-state index in [4.69, 9.17) is 0 Å². The molecule has 6 nitrogen and oxygen atoms in total. The molecule has 0 aromatic heterocycles. The third-order valence-corrected chi connectivity index (χ3v) is 5.00. The number of urea groups is 1. The monoisotopic (exact) mass is 391 g/mol. The molecule has 1 heterocycles. The molecule has 0 N–H and O–H groups in total. The zero-order valence-corrected chi connectivity index (χ0v) is 15.8. The molecule has 28 heavy (non-hydrogen) atoms. The number of hydrogen-bond donors (Lipinski definition) is 0. The van der Waals surface area contributed by atoms with Gasteiger partial charge in [-0.1, -0.05) is 17.7 Å². The Bertz CT molecular complexity index is 825. The van der Waals surface area contributed by atoms with Gasteiger partial charge in [0.25, 0.3) is 0 Å². The first kappa shape index (κ1) is 20.1. The van der Waals surface area contributed by atoms with E-state index in [9.17, 15) is 23.2 Å². The third kappa shape index (κ3) is 4.44. The Morgan fingerprint density at radius 3 is 2.46 bits per heavy atom. The summed E-state index contributed by atoms with van der Waals surface area (Å²) in [6.45, 7) is 0.273. The van der Waals surface area contributed by atoms with Crippen molar-refractivity contribution in [3.63, 3.8) is 0 Å². The van der Waals surface area contributed by atoms with Crippen LogP contribution in [0.1, 0.15) is 37.7 Å². The molecule has 0 spiro atoms. The van der Waals surface area contributed by atoms with E-state index >= 15 is 0 Å². The lowest BCUT2D eigenvalue weighted by atomic mass is 9.97. The molecular weight excluding hydrogens is 368 g/mol. The Kier molecular flexibility index (Phi) is 6.18. The molecule has 150 valence electrons. The van der Waals surface area contributed by atoms with Gasteiger partial charge < -0.3 is 0 Å². The molecule has 1 aromatic rings. The van der Waals surface area contributed by atoms with Gasteiger partial charge >= 0.3 is 17.8 Å². The molecule has 3 rings (SSSR count). The van der Waals surface area contributed by atoms with Crippen molar-refractivity contribution in [3.05, 3.63) is 47.0 Å². The highest BCUT2D eigenvalue weighted by Gasteiger charge is 2.44. The normalized spacial score (nSPS) is 17.7. The fourth-order valence-corrected chi connectivity index (χ4v) is 3.50. The Labute approximate surface area is 162 Å². The average molecular weight is 391 g/mol. The van der Waals surface area contributed by atoms with Crippen molar-refractivity contribution in [3.8, 4) is 0 Å². The third-order valence-electron chi connectivity index (χ3n) is 5.00. The van der Waals surface area contributed by atoms with Crippen molar-refractivity contribution in [1.29, 1.82) is 0 Å². The van der Waals surface area contributed by atoms with E-state index in [0.717, 1.165) is 47.6 Å². The molecule has 1 aliphatic heterocycles. The van der Waals surface area contributed by atoms with Gasteiger partial charge in [0.15, 0.2) is 11.6 Å². The topological polar surface area (TPSA) is 60.9 Å². The van der Waals surface area contributed by atoms with Crippen LogP contribution >= 0.6 is 0 Å². The predicted octanol–water partition coefficient (Wildman–Crippen LogP) is 3.04. The van der Waals surface area contributed by atoms with E-state index in [1.54, 1.807) is 11.9 Å². The second-order valence-corrected chi connectivity index (χ2v) is 7.23. The summed E-state index contributed by atoms with van der Waals surface area (Å²) in [6.07, 6.45) is 6.96. The van der Waals surface area contributed by atoms with Crippen LogP contribution in [0, 0.1) is 11.6 Å². The van der Waals surface area contributed by atoms with Crippen molar-refractivity contribution in [2.75, 3.05) is 20.3 Å². The van der Waals surface area contributed by atoms with Crippen molar-refractivity contribution in [2.24, 2.45) is 0 Å². The number of imide groups is 2. The average Bonchev–Trinajstić information content (AvgIpc) is 2.87. The predicted molar refractivity (Wildman–Crippen MR) is 97.8 cm³/mol.